The van der Waals surface area contributed by atoms with Crippen molar-refractivity contribution in [2.45, 2.75) is 27.4 Å². The van der Waals surface area contributed by atoms with E-state index in [0.29, 0.717) is 6.61 Å². The summed E-state index contributed by atoms with van der Waals surface area (Å²) in [6, 6.07) is 18.1. The number of benzene rings is 2. The lowest BCUT2D eigenvalue weighted by Crippen LogP contribution is -1.99. The molecule has 0 aliphatic rings. The minimum absolute atomic E-state index is 0.0148. The molecule has 1 heteroatoms. The lowest BCUT2D eigenvalue weighted by Gasteiger charge is -2.08. The second-order valence-electron chi connectivity index (χ2n) is 5.80. The maximum absolute atomic E-state index is 5.80. The Kier molecular flexibility index (Phi) is 4.48. The van der Waals surface area contributed by atoms with E-state index >= 15 is 0 Å². The van der Waals surface area contributed by atoms with E-state index in [0.717, 1.165) is 11.3 Å². The molecule has 0 heterocycles. The molecule has 0 radical (unpaired) electrons. The molecule has 0 fully saturated rings. The number of ether oxygens (including phenoxy) is 1. The Morgan fingerprint density at radius 2 is 1.70 bits per heavy atom. The largest absolute Gasteiger partial charge is 0.489 e. The van der Waals surface area contributed by atoms with Gasteiger partial charge in [-0.25, -0.2) is 0 Å². The minimum atomic E-state index is 0.0148. The SMILES string of the molecule is CC(C)(C)C#Cc1cccc(OCc2ccccc2)c1. The molecule has 0 spiro atoms. The standard InChI is InChI=1S/C19H20O/c1-19(2,3)13-12-16-10-7-11-18(14-16)20-15-17-8-5-4-6-9-17/h4-11,14H,15H2,1-3H3. The topological polar surface area (TPSA) is 9.23 Å². The highest BCUT2D eigenvalue weighted by atomic mass is 16.5. The first kappa shape index (κ1) is 14.2. The van der Waals surface area contributed by atoms with Crippen LogP contribution in [0, 0.1) is 17.3 Å². The Bertz CT molecular complexity index is 609. The van der Waals surface area contributed by atoms with Gasteiger partial charge in [-0.1, -0.05) is 48.2 Å². The molecule has 2 rings (SSSR count). The quantitative estimate of drug-likeness (QED) is 0.732. The zero-order chi connectivity index (χ0) is 14.4. The Balaban J connectivity index is 2.04. The van der Waals surface area contributed by atoms with Crippen LogP contribution in [0.2, 0.25) is 0 Å². The van der Waals surface area contributed by atoms with Gasteiger partial charge in [-0.3, -0.25) is 0 Å². The van der Waals surface area contributed by atoms with Crippen molar-refractivity contribution >= 4 is 0 Å². The monoisotopic (exact) mass is 264 g/mol. The molecule has 0 aromatic heterocycles. The van der Waals surface area contributed by atoms with Gasteiger partial charge in [-0.05, 0) is 44.5 Å². The number of rotatable bonds is 3. The summed E-state index contributed by atoms with van der Waals surface area (Å²) in [7, 11) is 0. The summed E-state index contributed by atoms with van der Waals surface area (Å²) in [5, 5.41) is 0. The maximum atomic E-state index is 5.80. The molecule has 0 aliphatic carbocycles. The van der Waals surface area contributed by atoms with Crippen LogP contribution >= 0.6 is 0 Å². The van der Waals surface area contributed by atoms with E-state index in [1.54, 1.807) is 0 Å². The number of hydrogen-bond acceptors (Lipinski definition) is 1. The molecular weight excluding hydrogens is 244 g/mol. The summed E-state index contributed by atoms with van der Waals surface area (Å²) in [5.41, 5.74) is 2.17. The van der Waals surface area contributed by atoms with E-state index in [-0.39, 0.29) is 5.41 Å². The van der Waals surface area contributed by atoms with Crippen LogP contribution in [0.1, 0.15) is 31.9 Å². The van der Waals surface area contributed by atoms with Crippen molar-refractivity contribution in [1.82, 2.24) is 0 Å². The van der Waals surface area contributed by atoms with E-state index < -0.39 is 0 Å². The third-order valence-corrected chi connectivity index (χ3v) is 2.66. The molecule has 0 saturated carbocycles. The number of hydrogen-bond donors (Lipinski definition) is 0. The summed E-state index contributed by atoms with van der Waals surface area (Å²) in [6.07, 6.45) is 0. The third kappa shape index (κ3) is 4.82. The van der Waals surface area contributed by atoms with Crippen molar-refractivity contribution in [2.24, 2.45) is 5.41 Å². The van der Waals surface area contributed by atoms with Crippen LogP contribution < -0.4 is 4.74 Å². The van der Waals surface area contributed by atoms with Crippen molar-refractivity contribution < 1.29 is 4.74 Å². The van der Waals surface area contributed by atoms with Crippen molar-refractivity contribution in [3.8, 4) is 17.6 Å². The van der Waals surface area contributed by atoms with Gasteiger partial charge in [0.25, 0.3) is 0 Å². The average Bonchev–Trinajstić information content (AvgIpc) is 2.44. The van der Waals surface area contributed by atoms with Gasteiger partial charge >= 0.3 is 0 Å². The predicted octanol–water partition coefficient (Wildman–Crippen LogP) is 4.66. The van der Waals surface area contributed by atoms with Gasteiger partial charge in [0.15, 0.2) is 0 Å². The fraction of sp³-hybridized carbons (Fsp3) is 0.263. The Morgan fingerprint density at radius 3 is 2.40 bits per heavy atom. The first-order chi connectivity index (χ1) is 9.53. The lowest BCUT2D eigenvalue weighted by atomic mass is 9.97. The Hall–Kier alpha value is -2.20. The molecule has 1 nitrogen and oxygen atoms in total. The predicted molar refractivity (Wildman–Crippen MR) is 83.5 cm³/mol. The first-order valence-electron chi connectivity index (χ1n) is 6.83. The maximum Gasteiger partial charge on any atom is 0.121 e. The highest BCUT2D eigenvalue weighted by molar-refractivity contribution is 5.40. The molecule has 0 aliphatic heterocycles. The summed E-state index contributed by atoms with van der Waals surface area (Å²) in [5.74, 6) is 7.28. The molecule has 2 aromatic rings. The molecular formula is C19H20O. The van der Waals surface area contributed by atoms with Crippen LogP contribution in [0.3, 0.4) is 0 Å². The van der Waals surface area contributed by atoms with Crippen LogP contribution in [-0.2, 0) is 6.61 Å². The van der Waals surface area contributed by atoms with Gasteiger partial charge in [0.2, 0.25) is 0 Å². The van der Waals surface area contributed by atoms with Crippen molar-refractivity contribution in [1.29, 1.82) is 0 Å². The molecule has 0 unspecified atom stereocenters. The van der Waals surface area contributed by atoms with Crippen LogP contribution in [0.5, 0.6) is 5.75 Å². The fourth-order valence-corrected chi connectivity index (χ4v) is 1.66. The van der Waals surface area contributed by atoms with Crippen LogP contribution in [0.15, 0.2) is 54.6 Å². The van der Waals surface area contributed by atoms with Gasteiger partial charge in [0, 0.05) is 11.0 Å². The van der Waals surface area contributed by atoms with E-state index in [2.05, 4.69) is 44.7 Å². The molecule has 0 saturated heterocycles. The van der Waals surface area contributed by atoms with Crippen LogP contribution in [0.25, 0.3) is 0 Å². The van der Waals surface area contributed by atoms with E-state index in [1.165, 1.54) is 5.56 Å². The lowest BCUT2D eigenvalue weighted by molar-refractivity contribution is 0.306. The Labute approximate surface area is 121 Å². The first-order valence-corrected chi connectivity index (χ1v) is 6.83. The molecule has 0 atom stereocenters. The molecule has 2 aromatic carbocycles. The third-order valence-electron chi connectivity index (χ3n) is 2.66. The molecule has 0 bridgehead atoms. The summed E-state index contributed by atoms with van der Waals surface area (Å²) < 4.78 is 5.80. The van der Waals surface area contributed by atoms with Gasteiger partial charge in [0.05, 0.1) is 0 Å². The fourth-order valence-electron chi connectivity index (χ4n) is 1.66. The van der Waals surface area contributed by atoms with E-state index in [9.17, 15) is 0 Å². The summed E-state index contributed by atoms with van der Waals surface area (Å²) in [4.78, 5) is 0. The van der Waals surface area contributed by atoms with E-state index in [4.69, 9.17) is 4.74 Å². The van der Waals surface area contributed by atoms with Crippen molar-refractivity contribution in [2.75, 3.05) is 0 Å². The average molecular weight is 264 g/mol. The smallest absolute Gasteiger partial charge is 0.121 e. The minimum Gasteiger partial charge on any atom is -0.489 e. The van der Waals surface area contributed by atoms with Crippen molar-refractivity contribution in [3.05, 3.63) is 65.7 Å². The highest BCUT2D eigenvalue weighted by Gasteiger charge is 2.03. The molecule has 20 heavy (non-hydrogen) atoms. The highest BCUT2D eigenvalue weighted by Crippen LogP contribution is 2.16. The summed E-state index contributed by atoms with van der Waals surface area (Å²) >= 11 is 0. The van der Waals surface area contributed by atoms with Crippen molar-refractivity contribution in [3.63, 3.8) is 0 Å². The zero-order valence-corrected chi connectivity index (χ0v) is 12.3. The van der Waals surface area contributed by atoms with Gasteiger partial charge in [0.1, 0.15) is 12.4 Å². The molecule has 0 amide bonds. The second kappa shape index (κ2) is 6.30. The van der Waals surface area contributed by atoms with Crippen LogP contribution in [-0.4, -0.2) is 0 Å². The normalized spacial score (nSPS) is 10.6. The van der Waals surface area contributed by atoms with Crippen LogP contribution in [0.4, 0.5) is 0 Å². The van der Waals surface area contributed by atoms with Gasteiger partial charge in [-0.2, -0.15) is 0 Å². The molecule has 102 valence electrons. The Morgan fingerprint density at radius 1 is 0.950 bits per heavy atom. The van der Waals surface area contributed by atoms with Gasteiger partial charge < -0.3 is 4.74 Å². The molecule has 0 N–H and O–H groups in total. The zero-order valence-electron chi connectivity index (χ0n) is 12.3. The van der Waals surface area contributed by atoms with E-state index in [1.807, 2.05) is 42.5 Å². The summed E-state index contributed by atoms with van der Waals surface area (Å²) in [6.45, 7) is 6.90. The second-order valence-corrected chi connectivity index (χ2v) is 5.80. The van der Waals surface area contributed by atoms with Gasteiger partial charge in [-0.15, -0.1) is 0 Å².